The molecule has 0 unspecified atom stereocenters. The Balaban J connectivity index is 1.86. The molecule has 0 bridgehead atoms. The van der Waals surface area contributed by atoms with Crippen LogP contribution in [-0.2, 0) is 6.42 Å². The number of benzene rings is 2. The Bertz CT molecular complexity index is 1190. The number of phenols is 3. The summed E-state index contributed by atoms with van der Waals surface area (Å²) < 4.78 is 5.75. The number of rotatable bonds is 7. The lowest BCUT2D eigenvalue weighted by molar-refractivity contribution is 0.368. The van der Waals surface area contributed by atoms with Crippen molar-refractivity contribution in [3.05, 3.63) is 69.9 Å². The third-order valence-corrected chi connectivity index (χ3v) is 4.92. The molecule has 162 valence electrons. The Morgan fingerprint density at radius 2 is 1.58 bits per heavy atom. The molecule has 2 aromatic carbocycles. The van der Waals surface area contributed by atoms with Gasteiger partial charge in [0.1, 0.15) is 5.58 Å². The Morgan fingerprint density at radius 1 is 0.903 bits per heavy atom. The van der Waals surface area contributed by atoms with Gasteiger partial charge in [0.25, 0.3) is 0 Å². The number of phenolic OH excluding ortho intramolecular Hbond substituents is 3. The van der Waals surface area contributed by atoms with Crippen molar-refractivity contribution in [2.45, 2.75) is 39.5 Å². The number of hydrogen-bond acceptors (Lipinski definition) is 6. The van der Waals surface area contributed by atoms with Crippen LogP contribution in [0.2, 0.25) is 0 Å². The highest BCUT2D eigenvalue weighted by molar-refractivity contribution is 5.83. The smallest absolute Gasteiger partial charge is 0.235 e. The molecule has 0 radical (unpaired) electrons. The van der Waals surface area contributed by atoms with Crippen LogP contribution in [0, 0.1) is 0 Å². The highest BCUT2D eigenvalue weighted by Crippen LogP contribution is 2.41. The van der Waals surface area contributed by atoms with E-state index in [0.29, 0.717) is 0 Å². The predicted octanol–water partition coefficient (Wildman–Crippen LogP) is 5.52. The van der Waals surface area contributed by atoms with Crippen molar-refractivity contribution in [1.29, 1.82) is 0 Å². The van der Waals surface area contributed by atoms with Crippen LogP contribution in [0.1, 0.15) is 38.7 Å². The lowest BCUT2D eigenvalue weighted by Crippen LogP contribution is -2.03. The van der Waals surface area contributed by atoms with Crippen LogP contribution < -0.4 is 5.43 Å². The van der Waals surface area contributed by atoms with Crippen LogP contribution in [0.3, 0.4) is 0 Å². The highest BCUT2D eigenvalue weighted by Gasteiger charge is 2.18. The molecule has 0 aliphatic carbocycles. The molecule has 3 aromatic rings. The zero-order valence-electron chi connectivity index (χ0n) is 17.6. The van der Waals surface area contributed by atoms with E-state index in [1.54, 1.807) is 12.1 Å². The van der Waals surface area contributed by atoms with E-state index < -0.39 is 28.4 Å². The number of aryl methyl sites for hydroxylation is 1. The van der Waals surface area contributed by atoms with E-state index in [1.165, 1.54) is 5.57 Å². The van der Waals surface area contributed by atoms with Crippen LogP contribution in [0.4, 0.5) is 0 Å². The molecule has 0 saturated carbocycles. The first-order valence-corrected chi connectivity index (χ1v) is 10.1. The van der Waals surface area contributed by atoms with Crippen LogP contribution in [0.15, 0.2) is 63.3 Å². The van der Waals surface area contributed by atoms with E-state index in [-0.39, 0.29) is 22.3 Å². The monoisotopic (exact) mass is 422 g/mol. The van der Waals surface area contributed by atoms with E-state index >= 15 is 0 Å². The molecular formula is C25H26O6. The van der Waals surface area contributed by atoms with Crippen LogP contribution in [0.25, 0.3) is 22.3 Å². The first kappa shape index (κ1) is 22.0. The largest absolute Gasteiger partial charge is 0.504 e. The van der Waals surface area contributed by atoms with Crippen molar-refractivity contribution in [1.82, 2.24) is 0 Å². The molecule has 0 saturated heterocycles. The van der Waals surface area contributed by atoms with Gasteiger partial charge in [0.2, 0.25) is 11.2 Å². The van der Waals surface area contributed by atoms with Gasteiger partial charge in [-0.05, 0) is 69.4 Å². The standard InChI is InChI=1S/C25H26O6/c1-15(2)8-6-4-3-5-7-9-16-10-11-18-21(12-16)31-25(24(30)22(18)28)17-13-19(26)23(29)20(27)14-17/h3,5,8,10-14,26-27,29-30H,4,6-7,9H2,1-2H3/b5-3+. The van der Waals surface area contributed by atoms with Gasteiger partial charge in [0.15, 0.2) is 23.0 Å². The average molecular weight is 422 g/mol. The van der Waals surface area contributed by atoms with E-state index in [1.807, 2.05) is 6.07 Å². The summed E-state index contributed by atoms with van der Waals surface area (Å²) in [4.78, 5) is 12.6. The minimum atomic E-state index is -0.692. The van der Waals surface area contributed by atoms with Crippen molar-refractivity contribution in [2.75, 3.05) is 0 Å². The van der Waals surface area contributed by atoms with E-state index in [0.717, 1.165) is 43.4 Å². The topological polar surface area (TPSA) is 111 Å². The fourth-order valence-corrected chi connectivity index (χ4v) is 3.27. The van der Waals surface area contributed by atoms with Crippen molar-refractivity contribution in [3.8, 4) is 34.3 Å². The van der Waals surface area contributed by atoms with E-state index in [4.69, 9.17) is 4.42 Å². The molecule has 0 fully saturated rings. The number of fused-ring (bicyclic) bond motifs is 1. The minimum absolute atomic E-state index is 0.0639. The molecule has 0 spiro atoms. The van der Waals surface area contributed by atoms with Crippen molar-refractivity contribution in [3.63, 3.8) is 0 Å². The second kappa shape index (κ2) is 9.43. The SMILES string of the molecule is CC(C)=CCC/C=C/CCc1ccc2c(=O)c(O)c(-c3cc(O)c(O)c(O)c3)oc2c1. The Labute approximate surface area is 180 Å². The summed E-state index contributed by atoms with van der Waals surface area (Å²) in [6.07, 6.45) is 10.1. The maximum absolute atomic E-state index is 12.6. The van der Waals surface area contributed by atoms with Gasteiger partial charge in [0.05, 0.1) is 5.39 Å². The first-order chi connectivity index (χ1) is 14.8. The van der Waals surface area contributed by atoms with Crippen LogP contribution >= 0.6 is 0 Å². The maximum atomic E-state index is 12.6. The normalized spacial score (nSPS) is 11.3. The number of unbranched alkanes of at least 4 members (excludes halogenated alkanes) is 1. The summed E-state index contributed by atoms with van der Waals surface area (Å²) in [5.41, 5.74) is 2.02. The molecule has 0 amide bonds. The zero-order chi connectivity index (χ0) is 22.5. The maximum Gasteiger partial charge on any atom is 0.235 e. The Hall–Kier alpha value is -3.67. The molecule has 0 aliphatic heterocycles. The summed E-state index contributed by atoms with van der Waals surface area (Å²) in [7, 11) is 0. The van der Waals surface area contributed by atoms with E-state index in [2.05, 4.69) is 32.1 Å². The first-order valence-electron chi connectivity index (χ1n) is 10.1. The molecule has 6 nitrogen and oxygen atoms in total. The summed E-state index contributed by atoms with van der Waals surface area (Å²) in [6, 6.07) is 7.39. The van der Waals surface area contributed by atoms with Crippen molar-refractivity contribution >= 4 is 11.0 Å². The summed E-state index contributed by atoms with van der Waals surface area (Å²) in [5, 5.41) is 39.5. The molecule has 1 heterocycles. The predicted molar refractivity (Wildman–Crippen MR) is 121 cm³/mol. The number of hydrogen-bond donors (Lipinski definition) is 4. The fourth-order valence-electron chi connectivity index (χ4n) is 3.27. The average Bonchev–Trinajstić information content (AvgIpc) is 2.73. The molecular weight excluding hydrogens is 396 g/mol. The van der Waals surface area contributed by atoms with Gasteiger partial charge in [0, 0.05) is 5.56 Å². The lowest BCUT2D eigenvalue weighted by Gasteiger charge is -2.09. The van der Waals surface area contributed by atoms with Gasteiger partial charge in [-0.3, -0.25) is 4.79 Å². The number of allylic oxidation sites excluding steroid dienone is 4. The van der Waals surface area contributed by atoms with Gasteiger partial charge < -0.3 is 24.8 Å². The highest BCUT2D eigenvalue weighted by atomic mass is 16.4. The van der Waals surface area contributed by atoms with Gasteiger partial charge >= 0.3 is 0 Å². The van der Waals surface area contributed by atoms with E-state index in [9.17, 15) is 25.2 Å². The van der Waals surface area contributed by atoms with Crippen LogP contribution in [0.5, 0.6) is 23.0 Å². The Morgan fingerprint density at radius 3 is 2.26 bits per heavy atom. The van der Waals surface area contributed by atoms with Gasteiger partial charge in [-0.25, -0.2) is 0 Å². The van der Waals surface area contributed by atoms with Crippen LogP contribution in [-0.4, -0.2) is 20.4 Å². The molecule has 0 atom stereocenters. The summed E-state index contributed by atoms with van der Waals surface area (Å²) in [5.74, 6) is -2.71. The molecule has 6 heteroatoms. The quantitative estimate of drug-likeness (QED) is 0.227. The van der Waals surface area contributed by atoms with Gasteiger partial charge in [-0.2, -0.15) is 0 Å². The van der Waals surface area contributed by atoms with Crippen molar-refractivity contribution < 1.29 is 24.8 Å². The second-order valence-corrected chi connectivity index (χ2v) is 7.67. The molecule has 4 N–H and O–H groups in total. The molecule has 3 rings (SSSR count). The molecule has 31 heavy (non-hydrogen) atoms. The van der Waals surface area contributed by atoms with Gasteiger partial charge in [-0.1, -0.05) is 29.9 Å². The Kier molecular flexibility index (Phi) is 6.70. The van der Waals surface area contributed by atoms with Gasteiger partial charge in [-0.15, -0.1) is 0 Å². The minimum Gasteiger partial charge on any atom is -0.504 e. The molecule has 0 aliphatic rings. The molecule has 1 aromatic heterocycles. The van der Waals surface area contributed by atoms with Crippen molar-refractivity contribution in [2.24, 2.45) is 0 Å². The third-order valence-electron chi connectivity index (χ3n) is 4.92. The zero-order valence-corrected chi connectivity index (χ0v) is 17.6. The lowest BCUT2D eigenvalue weighted by atomic mass is 10.0. The fraction of sp³-hybridized carbons (Fsp3) is 0.240. The summed E-state index contributed by atoms with van der Waals surface area (Å²) >= 11 is 0. The third kappa shape index (κ3) is 5.09. The summed E-state index contributed by atoms with van der Waals surface area (Å²) in [6.45, 7) is 4.17. The second-order valence-electron chi connectivity index (χ2n) is 7.67. The number of aromatic hydroxyl groups is 4.